The molecule has 0 atom stereocenters. The lowest BCUT2D eigenvalue weighted by Gasteiger charge is -2.10. The molecule has 1 aliphatic rings. The molecule has 2 rings (SSSR count). The minimum atomic E-state index is -4.22. The van der Waals surface area contributed by atoms with Crippen molar-refractivity contribution in [3.63, 3.8) is 0 Å². The van der Waals surface area contributed by atoms with E-state index in [0.29, 0.717) is 0 Å². The second-order valence-electron chi connectivity index (χ2n) is 3.54. The molecule has 0 aliphatic carbocycles. The highest BCUT2D eigenvalue weighted by Crippen LogP contribution is 2.17. The normalized spacial score (nSPS) is 15.5. The summed E-state index contributed by atoms with van der Waals surface area (Å²) in [6.07, 6.45) is -0.514. The fourth-order valence-electron chi connectivity index (χ4n) is 1.31. The van der Waals surface area contributed by atoms with E-state index in [0.717, 1.165) is 0 Å². The second kappa shape index (κ2) is 4.78. The third-order valence-electron chi connectivity index (χ3n) is 2.19. The van der Waals surface area contributed by atoms with Crippen molar-refractivity contribution in [2.24, 2.45) is 5.10 Å². The summed E-state index contributed by atoms with van der Waals surface area (Å²) in [5.74, 6) is -2.27. The number of carbonyl (C=O) groups is 2. The van der Waals surface area contributed by atoms with E-state index in [2.05, 4.69) is 9.39 Å². The Hall–Kier alpha value is -2.26. The van der Waals surface area contributed by atoms with Gasteiger partial charge >= 0.3 is 16.1 Å². The summed E-state index contributed by atoms with van der Waals surface area (Å²) in [6.45, 7) is 0. The van der Waals surface area contributed by atoms with Crippen LogP contribution in [-0.4, -0.2) is 36.3 Å². The van der Waals surface area contributed by atoms with Crippen molar-refractivity contribution in [2.75, 3.05) is 0 Å². The Morgan fingerprint density at radius 3 is 2.47 bits per heavy atom. The van der Waals surface area contributed by atoms with Gasteiger partial charge < -0.3 is 5.11 Å². The van der Waals surface area contributed by atoms with Gasteiger partial charge in [-0.3, -0.25) is 4.79 Å². The maximum Gasteiger partial charge on any atom is 0.352 e. The largest absolute Gasteiger partial charge is 0.477 e. The number of carboxylic acids is 1. The number of hydroxylamine groups is 1. The van der Waals surface area contributed by atoms with Gasteiger partial charge in [-0.25, -0.2) is 4.79 Å². The Labute approximate surface area is 108 Å². The number of nitrogens with zero attached hydrogens (tertiary/aromatic N) is 2. The average Bonchev–Trinajstić information content (AvgIpc) is 2.72. The Morgan fingerprint density at radius 2 is 1.95 bits per heavy atom. The van der Waals surface area contributed by atoms with Crippen molar-refractivity contribution < 1.29 is 27.4 Å². The van der Waals surface area contributed by atoms with Crippen molar-refractivity contribution in [1.82, 2.24) is 5.17 Å². The minimum absolute atomic E-state index is 0.165. The number of aliphatic carboxylic acids is 1. The number of rotatable bonds is 4. The number of hydrogen-bond acceptors (Lipinski definition) is 6. The molecular weight excluding hydrogens is 276 g/mol. The summed E-state index contributed by atoms with van der Waals surface area (Å²) in [5, 5.41) is 12.1. The van der Waals surface area contributed by atoms with E-state index in [-0.39, 0.29) is 10.1 Å². The predicted octanol–water partition coefficient (Wildman–Crippen LogP) is -0.0202. The van der Waals surface area contributed by atoms with Crippen molar-refractivity contribution in [3.05, 3.63) is 30.3 Å². The number of hydrazone groups is 1. The molecule has 0 aromatic heterocycles. The Balaban J connectivity index is 2.23. The second-order valence-corrected chi connectivity index (χ2v) is 5.07. The first-order valence-electron chi connectivity index (χ1n) is 5.03. The predicted molar refractivity (Wildman–Crippen MR) is 61.2 cm³/mol. The Kier molecular flexibility index (Phi) is 3.32. The molecule has 0 fully saturated rings. The summed E-state index contributed by atoms with van der Waals surface area (Å²) in [7, 11) is -4.22. The van der Waals surface area contributed by atoms with E-state index in [9.17, 15) is 18.0 Å². The topological polar surface area (TPSA) is 113 Å². The van der Waals surface area contributed by atoms with E-state index >= 15 is 0 Å². The van der Waals surface area contributed by atoms with E-state index < -0.39 is 34.1 Å². The lowest BCUT2D eigenvalue weighted by molar-refractivity contribution is -0.152. The van der Waals surface area contributed by atoms with Gasteiger partial charge in [0.05, 0.1) is 11.3 Å². The maximum atomic E-state index is 11.8. The van der Waals surface area contributed by atoms with Crippen molar-refractivity contribution >= 4 is 27.7 Å². The molecule has 8 nitrogen and oxygen atoms in total. The van der Waals surface area contributed by atoms with Crippen LogP contribution in [0.3, 0.4) is 0 Å². The highest BCUT2D eigenvalue weighted by atomic mass is 32.2. The van der Waals surface area contributed by atoms with E-state index in [1.807, 2.05) is 0 Å². The summed E-state index contributed by atoms with van der Waals surface area (Å²) in [5.41, 5.74) is -0.478. The molecule has 0 spiro atoms. The van der Waals surface area contributed by atoms with Crippen LogP contribution in [0.15, 0.2) is 40.3 Å². The van der Waals surface area contributed by atoms with Crippen LogP contribution in [0, 0.1) is 0 Å². The van der Waals surface area contributed by atoms with Gasteiger partial charge in [0, 0.05) is 0 Å². The summed E-state index contributed by atoms with van der Waals surface area (Å²) in [6, 6.07) is 7.12. The van der Waals surface area contributed by atoms with Gasteiger partial charge in [-0.05, 0) is 12.1 Å². The monoisotopic (exact) mass is 284 g/mol. The molecule has 19 heavy (non-hydrogen) atoms. The highest BCUT2D eigenvalue weighted by Gasteiger charge is 2.33. The summed E-state index contributed by atoms with van der Waals surface area (Å²) < 4.78 is 28.0. The van der Waals surface area contributed by atoms with Crippen LogP contribution in [0.5, 0.6) is 0 Å². The number of amides is 1. The zero-order valence-electron chi connectivity index (χ0n) is 9.38. The van der Waals surface area contributed by atoms with E-state index in [1.165, 1.54) is 24.3 Å². The molecular formula is C10H8N2O6S. The summed E-state index contributed by atoms with van der Waals surface area (Å²) >= 11 is 0. The fraction of sp³-hybridized carbons (Fsp3) is 0.100. The maximum absolute atomic E-state index is 11.8. The van der Waals surface area contributed by atoms with Crippen LogP contribution in [0.1, 0.15) is 6.42 Å². The first kappa shape index (κ1) is 13.2. The Morgan fingerprint density at radius 1 is 1.32 bits per heavy atom. The van der Waals surface area contributed by atoms with E-state index in [4.69, 9.17) is 5.11 Å². The molecule has 0 saturated heterocycles. The molecule has 1 aromatic carbocycles. The minimum Gasteiger partial charge on any atom is -0.477 e. The van der Waals surface area contributed by atoms with Crippen molar-refractivity contribution in [3.8, 4) is 0 Å². The van der Waals surface area contributed by atoms with Gasteiger partial charge in [0.2, 0.25) is 0 Å². The van der Waals surface area contributed by atoms with Gasteiger partial charge in [0.25, 0.3) is 5.91 Å². The fourth-order valence-corrected chi connectivity index (χ4v) is 2.19. The van der Waals surface area contributed by atoms with Crippen molar-refractivity contribution in [2.45, 2.75) is 11.3 Å². The molecule has 100 valence electrons. The van der Waals surface area contributed by atoms with Crippen LogP contribution < -0.4 is 0 Å². The zero-order chi connectivity index (χ0) is 14.0. The lowest BCUT2D eigenvalue weighted by Crippen LogP contribution is -2.25. The number of carboxylic acid groups (broad SMARTS) is 1. The van der Waals surface area contributed by atoms with Gasteiger partial charge in [0.1, 0.15) is 0 Å². The third kappa shape index (κ3) is 2.77. The Bertz CT molecular complexity index is 652. The van der Waals surface area contributed by atoms with Gasteiger partial charge in [-0.15, -0.1) is 9.39 Å². The quantitative estimate of drug-likeness (QED) is 0.831. The molecule has 0 unspecified atom stereocenters. The lowest BCUT2D eigenvalue weighted by atomic mass is 10.3. The van der Waals surface area contributed by atoms with Crippen LogP contribution in [0.2, 0.25) is 0 Å². The summed E-state index contributed by atoms with van der Waals surface area (Å²) in [4.78, 5) is 21.8. The van der Waals surface area contributed by atoms with Crippen LogP contribution in [-0.2, 0) is 24.0 Å². The van der Waals surface area contributed by atoms with Crippen LogP contribution in [0.25, 0.3) is 0 Å². The number of benzene rings is 1. The molecule has 1 heterocycles. The zero-order valence-corrected chi connectivity index (χ0v) is 10.2. The first-order valence-corrected chi connectivity index (χ1v) is 6.44. The third-order valence-corrected chi connectivity index (χ3v) is 3.38. The standard InChI is InChI=1S/C10H8N2O6S/c13-9-6-8(10(14)15)11-12(9)18-19(16,17)7-4-2-1-3-5-7/h1-5H,6H2,(H,14,15). The van der Waals surface area contributed by atoms with Crippen LogP contribution >= 0.6 is 0 Å². The number of carbonyl (C=O) groups excluding carboxylic acids is 1. The molecule has 1 aromatic rings. The van der Waals surface area contributed by atoms with E-state index in [1.54, 1.807) is 6.07 Å². The van der Waals surface area contributed by atoms with Gasteiger partial charge in [0.15, 0.2) is 5.71 Å². The molecule has 1 amide bonds. The first-order chi connectivity index (χ1) is 8.90. The van der Waals surface area contributed by atoms with Gasteiger partial charge in [-0.2, -0.15) is 8.42 Å². The molecule has 0 radical (unpaired) electrons. The molecule has 0 bridgehead atoms. The van der Waals surface area contributed by atoms with Crippen molar-refractivity contribution in [1.29, 1.82) is 0 Å². The average molecular weight is 284 g/mol. The van der Waals surface area contributed by atoms with Gasteiger partial charge in [-0.1, -0.05) is 23.4 Å². The molecule has 9 heteroatoms. The molecule has 1 N–H and O–H groups in total. The molecule has 0 saturated carbocycles. The SMILES string of the molecule is O=C(O)C1=NN(OS(=O)(=O)c2ccccc2)C(=O)C1. The smallest absolute Gasteiger partial charge is 0.352 e. The van der Waals surface area contributed by atoms with Crippen LogP contribution in [0.4, 0.5) is 0 Å². The highest BCUT2D eigenvalue weighted by molar-refractivity contribution is 7.86. The molecule has 1 aliphatic heterocycles. The number of hydrogen-bond donors (Lipinski definition) is 1.